The molecule has 0 heterocycles. The zero-order chi connectivity index (χ0) is 19.3. The molecule has 140 valence electrons. The summed E-state index contributed by atoms with van der Waals surface area (Å²) in [5, 5.41) is 0. The molecule has 0 fully saturated rings. The number of nitrogens with one attached hydrogen (secondary N) is 1. The molecule has 1 N–H and O–H groups in total. The van der Waals surface area contributed by atoms with Crippen molar-refractivity contribution in [3.05, 3.63) is 29.8 Å². The molecule has 0 aromatic heterocycles. The number of hydrogen-bond donors (Lipinski definition) is 1. The summed E-state index contributed by atoms with van der Waals surface area (Å²) in [7, 11) is -0.565. The van der Waals surface area contributed by atoms with E-state index in [9.17, 15) is 18.0 Å². The summed E-state index contributed by atoms with van der Waals surface area (Å²) in [6, 6.07) is 6.34. The van der Waals surface area contributed by atoms with Gasteiger partial charge in [-0.3, -0.25) is 9.59 Å². The van der Waals surface area contributed by atoms with E-state index in [1.54, 1.807) is 40.0 Å². The second-order valence-electron chi connectivity index (χ2n) is 6.69. The molecular weight excluding hydrogens is 344 g/mol. The van der Waals surface area contributed by atoms with Gasteiger partial charge < -0.3 is 9.64 Å². The van der Waals surface area contributed by atoms with Gasteiger partial charge in [0.05, 0.1) is 4.90 Å². The number of carbonyl (C=O) groups excluding carboxylic acids is 2. The highest BCUT2D eigenvalue weighted by Crippen LogP contribution is 2.12. The molecule has 0 radical (unpaired) electrons. The molecule has 0 spiro atoms. The summed E-state index contributed by atoms with van der Waals surface area (Å²) in [6.45, 7) is 5.20. The molecule has 0 atom stereocenters. The van der Waals surface area contributed by atoms with Crippen LogP contribution < -0.4 is 4.72 Å². The molecule has 0 aliphatic heterocycles. The van der Waals surface area contributed by atoms with Crippen LogP contribution in [-0.4, -0.2) is 51.4 Å². The van der Waals surface area contributed by atoms with E-state index in [1.165, 1.54) is 24.1 Å². The van der Waals surface area contributed by atoms with Gasteiger partial charge in [0.1, 0.15) is 12.1 Å². The molecular formula is C17H26N2O5S. The largest absolute Gasteiger partial charge is 0.459 e. The number of carbonyl (C=O) groups is 2. The Morgan fingerprint density at radius 3 is 2.20 bits per heavy atom. The Bertz CT molecular complexity index is 706. The highest BCUT2D eigenvalue weighted by atomic mass is 32.2. The van der Waals surface area contributed by atoms with Crippen LogP contribution >= 0.6 is 0 Å². The van der Waals surface area contributed by atoms with Gasteiger partial charge in [0.15, 0.2) is 0 Å². The topological polar surface area (TPSA) is 92.8 Å². The highest BCUT2D eigenvalue weighted by molar-refractivity contribution is 7.89. The van der Waals surface area contributed by atoms with Gasteiger partial charge in [-0.15, -0.1) is 0 Å². The van der Waals surface area contributed by atoms with Gasteiger partial charge in [0, 0.05) is 13.5 Å². The lowest BCUT2D eigenvalue weighted by atomic mass is 10.1. The molecule has 1 aromatic carbocycles. The highest BCUT2D eigenvalue weighted by Gasteiger charge is 2.19. The smallest absolute Gasteiger partial charge is 0.326 e. The average molecular weight is 370 g/mol. The van der Waals surface area contributed by atoms with Crippen LogP contribution in [0.4, 0.5) is 0 Å². The molecule has 0 aliphatic rings. The summed E-state index contributed by atoms with van der Waals surface area (Å²) in [5.74, 6) is -0.636. The van der Waals surface area contributed by atoms with E-state index in [0.717, 1.165) is 5.56 Å². The minimum absolute atomic E-state index is 0.102. The number of benzene rings is 1. The van der Waals surface area contributed by atoms with Gasteiger partial charge in [-0.1, -0.05) is 12.1 Å². The number of rotatable bonds is 7. The van der Waals surface area contributed by atoms with Gasteiger partial charge in [-0.05, 0) is 51.9 Å². The molecule has 0 saturated heterocycles. The van der Waals surface area contributed by atoms with E-state index in [-0.39, 0.29) is 23.8 Å². The Morgan fingerprint density at radius 1 is 1.16 bits per heavy atom. The zero-order valence-electron chi connectivity index (χ0n) is 15.3. The number of aryl methyl sites for hydroxylation is 1. The summed E-state index contributed by atoms with van der Waals surface area (Å²) in [5.41, 5.74) is 0.255. The predicted molar refractivity (Wildman–Crippen MR) is 94.5 cm³/mol. The van der Waals surface area contributed by atoms with Crippen LogP contribution in [0.25, 0.3) is 0 Å². The molecule has 1 rings (SSSR count). The van der Waals surface area contributed by atoms with Crippen LogP contribution in [0.3, 0.4) is 0 Å². The maximum absolute atomic E-state index is 12.1. The molecule has 1 aromatic rings. The fourth-order valence-electron chi connectivity index (χ4n) is 2.05. The van der Waals surface area contributed by atoms with Gasteiger partial charge >= 0.3 is 5.97 Å². The van der Waals surface area contributed by atoms with Gasteiger partial charge in [0.25, 0.3) is 0 Å². The number of hydrogen-bond acceptors (Lipinski definition) is 5. The zero-order valence-corrected chi connectivity index (χ0v) is 16.1. The molecule has 0 saturated carbocycles. The Balaban J connectivity index is 2.54. The normalized spacial score (nSPS) is 11.9. The van der Waals surface area contributed by atoms with Crippen molar-refractivity contribution < 1.29 is 22.7 Å². The van der Waals surface area contributed by atoms with E-state index in [2.05, 4.69) is 4.72 Å². The van der Waals surface area contributed by atoms with E-state index in [4.69, 9.17) is 4.74 Å². The Kier molecular flexibility index (Phi) is 7.13. The monoisotopic (exact) mass is 370 g/mol. The van der Waals surface area contributed by atoms with Gasteiger partial charge in [0.2, 0.25) is 15.9 Å². The van der Waals surface area contributed by atoms with E-state index in [1.807, 2.05) is 0 Å². The quantitative estimate of drug-likeness (QED) is 0.731. The molecule has 0 bridgehead atoms. The second kappa shape index (κ2) is 8.44. The predicted octanol–water partition coefficient (Wildman–Crippen LogP) is 1.33. The molecule has 1 amide bonds. The van der Waals surface area contributed by atoms with Crippen molar-refractivity contribution >= 4 is 21.9 Å². The minimum atomic E-state index is -3.46. The first-order chi connectivity index (χ1) is 11.4. The van der Waals surface area contributed by atoms with E-state index in [0.29, 0.717) is 6.42 Å². The van der Waals surface area contributed by atoms with Gasteiger partial charge in [-0.2, -0.15) is 0 Å². The van der Waals surface area contributed by atoms with Crippen molar-refractivity contribution in [2.45, 2.75) is 44.1 Å². The maximum Gasteiger partial charge on any atom is 0.326 e. The van der Waals surface area contributed by atoms with Crippen molar-refractivity contribution in [3.63, 3.8) is 0 Å². The average Bonchev–Trinajstić information content (AvgIpc) is 2.51. The molecule has 0 unspecified atom stereocenters. The third-order valence-electron chi connectivity index (χ3n) is 3.34. The molecule has 8 heteroatoms. The van der Waals surface area contributed by atoms with Crippen LogP contribution in [0.15, 0.2) is 29.2 Å². The van der Waals surface area contributed by atoms with E-state index < -0.39 is 21.6 Å². The lowest BCUT2D eigenvalue weighted by Crippen LogP contribution is -2.36. The first kappa shape index (κ1) is 21.1. The summed E-state index contributed by atoms with van der Waals surface area (Å²) < 4.78 is 30.7. The van der Waals surface area contributed by atoms with Gasteiger partial charge in [-0.25, -0.2) is 13.1 Å². The molecule has 25 heavy (non-hydrogen) atoms. The maximum atomic E-state index is 12.1. The number of nitrogens with zero attached hydrogens (tertiary/aromatic N) is 1. The third kappa shape index (κ3) is 7.23. The number of ether oxygens (including phenoxy) is 1. The third-order valence-corrected chi connectivity index (χ3v) is 4.77. The number of esters is 1. The van der Waals surface area contributed by atoms with Crippen LogP contribution in [0, 0.1) is 0 Å². The Morgan fingerprint density at radius 2 is 1.72 bits per heavy atom. The van der Waals surface area contributed by atoms with Crippen molar-refractivity contribution in [3.8, 4) is 0 Å². The number of likely N-dealkylation sites (N-methyl/N-ethyl adjacent to an activating group) is 1. The lowest BCUT2D eigenvalue weighted by molar-refractivity contribution is -0.158. The Hall–Kier alpha value is -1.93. The van der Waals surface area contributed by atoms with Crippen LogP contribution in [0.5, 0.6) is 0 Å². The van der Waals surface area contributed by atoms with Crippen LogP contribution in [0.2, 0.25) is 0 Å². The Labute approximate surface area is 149 Å². The minimum Gasteiger partial charge on any atom is -0.459 e. The van der Waals surface area contributed by atoms with E-state index >= 15 is 0 Å². The van der Waals surface area contributed by atoms with Crippen molar-refractivity contribution in [1.29, 1.82) is 0 Å². The summed E-state index contributed by atoms with van der Waals surface area (Å²) in [4.78, 5) is 25.3. The standard InChI is InChI=1S/C17H26N2O5S/c1-17(2,3)24-16(21)12-19(5)15(20)11-8-13-6-9-14(10-7-13)25(22,23)18-4/h6-7,9-10,18H,8,11-12H2,1-5H3. The molecule has 7 nitrogen and oxygen atoms in total. The number of sulfonamides is 1. The fraction of sp³-hybridized carbons (Fsp3) is 0.529. The SMILES string of the molecule is CNS(=O)(=O)c1ccc(CCC(=O)N(C)CC(=O)OC(C)(C)C)cc1. The number of amides is 1. The van der Waals surface area contributed by atoms with Crippen LogP contribution in [0.1, 0.15) is 32.8 Å². The van der Waals surface area contributed by atoms with Crippen molar-refractivity contribution in [1.82, 2.24) is 9.62 Å². The lowest BCUT2D eigenvalue weighted by Gasteiger charge is -2.22. The second-order valence-corrected chi connectivity index (χ2v) is 8.57. The summed E-state index contributed by atoms with van der Waals surface area (Å²) in [6.07, 6.45) is 0.675. The first-order valence-corrected chi connectivity index (χ1v) is 9.41. The molecule has 0 aliphatic carbocycles. The van der Waals surface area contributed by atoms with Crippen molar-refractivity contribution in [2.75, 3.05) is 20.6 Å². The summed E-state index contributed by atoms with van der Waals surface area (Å²) >= 11 is 0. The van der Waals surface area contributed by atoms with Crippen LogP contribution in [-0.2, 0) is 30.8 Å². The first-order valence-electron chi connectivity index (χ1n) is 7.93. The fourth-order valence-corrected chi connectivity index (χ4v) is 2.78. The van der Waals surface area contributed by atoms with Crippen molar-refractivity contribution in [2.24, 2.45) is 0 Å².